The molecule has 0 aliphatic rings. The molecule has 0 bridgehead atoms. The average molecular weight is 141 g/mol. The van der Waals surface area contributed by atoms with Gasteiger partial charge in [0, 0.05) is 12.2 Å². The fourth-order valence-electron chi connectivity index (χ4n) is 0.755. The highest BCUT2D eigenvalue weighted by molar-refractivity contribution is 4.94. The van der Waals surface area contributed by atoms with Crippen molar-refractivity contribution in [1.29, 1.82) is 0 Å². The standard InChI is InChI=1S/C9H19N/c1-4-6-7-9(3)10-8-5-2/h7,10H,4-6,8H2,1-3H3/b9-7+. The van der Waals surface area contributed by atoms with Crippen LogP contribution in [-0.2, 0) is 0 Å². The van der Waals surface area contributed by atoms with Gasteiger partial charge < -0.3 is 5.32 Å². The van der Waals surface area contributed by atoms with Crippen LogP contribution in [0.4, 0.5) is 0 Å². The number of allylic oxidation sites excluding steroid dienone is 2. The molecule has 0 spiro atoms. The van der Waals surface area contributed by atoms with E-state index in [1.54, 1.807) is 0 Å². The average Bonchev–Trinajstić information content (AvgIpc) is 1.97. The summed E-state index contributed by atoms with van der Waals surface area (Å²) < 4.78 is 0. The SMILES string of the molecule is CCC/C=C(\C)NCCC. The van der Waals surface area contributed by atoms with Gasteiger partial charge in [0.15, 0.2) is 0 Å². The number of hydrogen-bond donors (Lipinski definition) is 1. The maximum absolute atomic E-state index is 3.33. The quantitative estimate of drug-likeness (QED) is 0.620. The molecule has 0 aromatic rings. The summed E-state index contributed by atoms with van der Waals surface area (Å²) in [5.41, 5.74) is 1.32. The van der Waals surface area contributed by atoms with E-state index in [-0.39, 0.29) is 0 Å². The van der Waals surface area contributed by atoms with Gasteiger partial charge in [-0.15, -0.1) is 0 Å². The van der Waals surface area contributed by atoms with E-state index in [2.05, 4.69) is 32.2 Å². The highest BCUT2D eigenvalue weighted by Gasteiger charge is 1.83. The van der Waals surface area contributed by atoms with Crippen molar-refractivity contribution >= 4 is 0 Å². The normalized spacial score (nSPS) is 11.7. The van der Waals surface area contributed by atoms with E-state index >= 15 is 0 Å². The van der Waals surface area contributed by atoms with Crippen LogP contribution in [-0.4, -0.2) is 6.54 Å². The topological polar surface area (TPSA) is 12.0 Å². The molecule has 0 aliphatic heterocycles. The van der Waals surface area contributed by atoms with Gasteiger partial charge in [-0.05, 0) is 19.8 Å². The second kappa shape index (κ2) is 6.66. The molecule has 0 saturated heterocycles. The van der Waals surface area contributed by atoms with E-state index in [1.165, 1.54) is 25.0 Å². The Bertz CT molecular complexity index is 94.9. The molecule has 10 heavy (non-hydrogen) atoms. The highest BCUT2D eigenvalue weighted by Crippen LogP contribution is 1.93. The Morgan fingerprint density at radius 3 is 2.50 bits per heavy atom. The van der Waals surface area contributed by atoms with Crippen LogP contribution >= 0.6 is 0 Å². The summed E-state index contributed by atoms with van der Waals surface area (Å²) in [7, 11) is 0. The molecule has 0 aliphatic carbocycles. The fraction of sp³-hybridized carbons (Fsp3) is 0.778. The van der Waals surface area contributed by atoms with Crippen molar-refractivity contribution in [3.63, 3.8) is 0 Å². The van der Waals surface area contributed by atoms with Crippen LogP contribution in [0.1, 0.15) is 40.0 Å². The summed E-state index contributed by atoms with van der Waals surface area (Å²) in [6.07, 6.45) is 5.90. The summed E-state index contributed by atoms with van der Waals surface area (Å²) in [5, 5.41) is 3.33. The van der Waals surface area contributed by atoms with Crippen LogP contribution in [0.25, 0.3) is 0 Å². The van der Waals surface area contributed by atoms with Crippen LogP contribution < -0.4 is 5.32 Å². The lowest BCUT2D eigenvalue weighted by Crippen LogP contribution is -2.11. The number of rotatable bonds is 5. The Balaban J connectivity index is 3.30. The smallest absolute Gasteiger partial charge is 0.0141 e. The Morgan fingerprint density at radius 2 is 2.00 bits per heavy atom. The monoisotopic (exact) mass is 141 g/mol. The Hall–Kier alpha value is -0.460. The molecule has 0 aromatic heterocycles. The van der Waals surface area contributed by atoms with Crippen molar-refractivity contribution in [2.24, 2.45) is 0 Å². The van der Waals surface area contributed by atoms with E-state index in [0.717, 1.165) is 6.54 Å². The molecule has 60 valence electrons. The third-order valence-corrected chi connectivity index (χ3v) is 1.39. The predicted molar refractivity (Wildman–Crippen MR) is 47.0 cm³/mol. The summed E-state index contributed by atoms with van der Waals surface area (Å²) in [5.74, 6) is 0. The minimum atomic E-state index is 1.10. The van der Waals surface area contributed by atoms with Gasteiger partial charge in [-0.3, -0.25) is 0 Å². The Labute approximate surface area is 64.5 Å². The maximum atomic E-state index is 3.33. The van der Waals surface area contributed by atoms with Gasteiger partial charge in [-0.1, -0.05) is 26.3 Å². The van der Waals surface area contributed by atoms with Crippen LogP contribution in [0, 0.1) is 0 Å². The third kappa shape index (κ3) is 5.67. The van der Waals surface area contributed by atoms with Crippen molar-refractivity contribution in [1.82, 2.24) is 5.32 Å². The molecular weight excluding hydrogens is 122 g/mol. The summed E-state index contributed by atoms with van der Waals surface area (Å²) in [6.45, 7) is 7.61. The van der Waals surface area contributed by atoms with Gasteiger partial charge in [0.1, 0.15) is 0 Å². The molecular formula is C9H19N. The molecule has 1 nitrogen and oxygen atoms in total. The van der Waals surface area contributed by atoms with Crippen LogP contribution in [0.15, 0.2) is 11.8 Å². The van der Waals surface area contributed by atoms with Gasteiger partial charge in [0.05, 0.1) is 0 Å². The lowest BCUT2D eigenvalue weighted by atomic mass is 10.3. The summed E-state index contributed by atoms with van der Waals surface area (Å²) >= 11 is 0. The van der Waals surface area contributed by atoms with E-state index < -0.39 is 0 Å². The molecule has 1 heteroatoms. The Morgan fingerprint density at radius 1 is 1.30 bits per heavy atom. The van der Waals surface area contributed by atoms with Crippen molar-refractivity contribution in [2.75, 3.05) is 6.54 Å². The zero-order valence-corrected chi connectivity index (χ0v) is 7.41. The van der Waals surface area contributed by atoms with E-state index in [4.69, 9.17) is 0 Å². The van der Waals surface area contributed by atoms with Gasteiger partial charge in [-0.2, -0.15) is 0 Å². The minimum Gasteiger partial charge on any atom is -0.389 e. The molecule has 0 amide bonds. The number of hydrogen-bond acceptors (Lipinski definition) is 1. The number of unbranched alkanes of at least 4 members (excludes halogenated alkanes) is 1. The van der Waals surface area contributed by atoms with Crippen LogP contribution in [0.2, 0.25) is 0 Å². The third-order valence-electron chi connectivity index (χ3n) is 1.39. The first-order valence-electron chi connectivity index (χ1n) is 4.21. The minimum absolute atomic E-state index is 1.10. The second-order valence-electron chi connectivity index (χ2n) is 2.60. The van der Waals surface area contributed by atoms with Crippen molar-refractivity contribution in [3.05, 3.63) is 11.8 Å². The highest BCUT2D eigenvalue weighted by atomic mass is 14.9. The molecule has 0 radical (unpaired) electrons. The van der Waals surface area contributed by atoms with Crippen LogP contribution in [0.3, 0.4) is 0 Å². The molecule has 0 atom stereocenters. The molecule has 0 fully saturated rings. The molecule has 0 aromatic carbocycles. The Kier molecular flexibility index (Phi) is 6.35. The number of nitrogens with one attached hydrogen (secondary N) is 1. The van der Waals surface area contributed by atoms with Gasteiger partial charge >= 0.3 is 0 Å². The maximum Gasteiger partial charge on any atom is 0.0141 e. The van der Waals surface area contributed by atoms with Crippen molar-refractivity contribution < 1.29 is 0 Å². The lowest BCUT2D eigenvalue weighted by molar-refractivity contribution is 0.761. The van der Waals surface area contributed by atoms with Crippen molar-refractivity contribution in [2.45, 2.75) is 40.0 Å². The second-order valence-corrected chi connectivity index (χ2v) is 2.60. The molecule has 0 rings (SSSR count). The molecule has 0 unspecified atom stereocenters. The first-order chi connectivity index (χ1) is 4.81. The first kappa shape index (κ1) is 9.54. The zero-order valence-electron chi connectivity index (χ0n) is 7.41. The zero-order chi connectivity index (χ0) is 7.82. The largest absolute Gasteiger partial charge is 0.389 e. The molecule has 0 saturated carbocycles. The predicted octanol–water partition coefficient (Wildman–Crippen LogP) is 2.69. The summed E-state index contributed by atoms with van der Waals surface area (Å²) in [4.78, 5) is 0. The lowest BCUT2D eigenvalue weighted by Gasteiger charge is -2.02. The van der Waals surface area contributed by atoms with E-state index in [9.17, 15) is 0 Å². The van der Waals surface area contributed by atoms with Gasteiger partial charge in [-0.25, -0.2) is 0 Å². The fourth-order valence-corrected chi connectivity index (χ4v) is 0.755. The van der Waals surface area contributed by atoms with Crippen molar-refractivity contribution in [3.8, 4) is 0 Å². The van der Waals surface area contributed by atoms with Gasteiger partial charge in [0.2, 0.25) is 0 Å². The molecule has 0 heterocycles. The summed E-state index contributed by atoms with van der Waals surface area (Å²) in [6, 6.07) is 0. The van der Waals surface area contributed by atoms with Crippen LogP contribution in [0.5, 0.6) is 0 Å². The van der Waals surface area contributed by atoms with E-state index in [0.29, 0.717) is 0 Å². The first-order valence-corrected chi connectivity index (χ1v) is 4.21. The van der Waals surface area contributed by atoms with Gasteiger partial charge in [0.25, 0.3) is 0 Å². The van der Waals surface area contributed by atoms with E-state index in [1.807, 2.05) is 0 Å². The molecule has 1 N–H and O–H groups in total.